The molecule has 8 heteroatoms. The van der Waals surface area contributed by atoms with E-state index in [1.54, 1.807) is 12.1 Å². The van der Waals surface area contributed by atoms with Crippen molar-refractivity contribution in [2.45, 2.75) is 0 Å². The minimum absolute atomic E-state index is 0.102. The summed E-state index contributed by atoms with van der Waals surface area (Å²) < 4.78 is 26.1. The first-order valence-corrected chi connectivity index (χ1v) is 8.24. The number of halogens is 3. The van der Waals surface area contributed by atoms with Gasteiger partial charge in [0, 0.05) is 5.69 Å². The summed E-state index contributed by atoms with van der Waals surface area (Å²) in [5.41, 5.74) is 1.00. The van der Waals surface area contributed by atoms with Gasteiger partial charge in [0.25, 0.3) is 5.91 Å². The zero-order chi connectivity index (χ0) is 17.8. The molecular weight excluding hydrogens is 368 g/mol. The largest absolute Gasteiger partial charge is 0.320 e. The van der Waals surface area contributed by atoms with E-state index in [4.69, 9.17) is 11.6 Å². The fraction of sp³-hybridized carbons (Fsp3) is 0. The molecule has 3 rings (SSSR count). The van der Waals surface area contributed by atoms with Crippen LogP contribution >= 0.6 is 22.9 Å². The molecule has 0 fully saturated rings. The van der Waals surface area contributed by atoms with Gasteiger partial charge in [-0.25, -0.2) is 8.78 Å². The Morgan fingerprint density at radius 2 is 1.76 bits per heavy atom. The smallest absolute Gasteiger partial charge is 0.286 e. The van der Waals surface area contributed by atoms with Crippen molar-refractivity contribution in [3.8, 4) is 0 Å². The number of hydrogen-bond acceptors (Lipinski definition) is 4. The van der Waals surface area contributed by atoms with E-state index < -0.39 is 11.7 Å². The molecule has 0 aliphatic rings. The Kier molecular flexibility index (Phi) is 5.16. The lowest BCUT2D eigenvalue weighted by Crippen LogP contribution is -2.11. The highest BCUT2D eigenvalue weighted by Gasteiger charge is 2.15. The fourth-order valence-electron chi connectivity index (χ4n) is 1.93. The summed E-state index contributed by atoms with van der Waals surface area (Å²) in [6, 6.07) is 11.2. The second kappa shape index (κ2) is 7.50. The van der Waals surface area contributed by atoms with Crippen LogP contribution < -0.4 is 5.32 Å². The number of amides is 1. The maximum absolute atomic E-state index is 13.2. The van der Waals surface area contributed by atoms with Gasteiger partial charge in [-0.15, -0.1) is 10.2 Å². The summed E-state index contributed by atoms with van der Waals surface area (Å²) in [7, 11) is 0. The topological polar surface area (TPSA) is 54.9 Å². The number of nitrogens with zero attached hydrogens (tertiary/aromatic N) is 2. The van der Waals surface area contributed by atoms with E-state index in [1.165, 1.54) is 42.5 Å². The van der Waals surface area contributed by atoms with Crippen molar-refractivity contribution in [1.29, 1.82) is 0 Å². The van der Waals surface area contributed by atoms with Crippen molar-refractivity contribution in [2.75, 3.05) is 5.32 Å². The van der Waals surface area contributed by atoms with Crippen LogP contribution in [0.2, 0.25) is 0 Å². The van der Waals surface area contributed by atoms with Gasteiger partial charge < -0.3 is 5.32 Å². The minimum atomic E-state index is -0.481. The summed E-state index contributed by atoms with van der Waals surface area (Å²) in [6.07, 6.45) is 1.53. The zero-order valence-electron chi connectivity index (χ0n) is 12.5. The molecular formula is C17H10ClF2N3OS. The summed E-state index contributed by atoms with van der Waals surface area (Å²) in [4.78, 5) is 12.1. The molecule has 2 aromatic carbocycles. The van der Waals surface area contributed by atoms with Gasteiger partial charge in [0.05, 0.1) is 5.03 Å². The number of nitrogens with one attached hydrogen (secondary N) is 1. The van der Waals surface area contributed by atoms with Crippen LogP contribution in [0.25, 0.3) is 11.1 Å². The van der Waals surface area contributed by atoms with E-state index in [1.807, 2.05) is 0 Å². The first-order valence-electron chi connectivity index (χ1n) is 7.05. The van der Waals surface area contributed by atoms with Gasteiger partial charge >= 0.3 is 0 Å². The summed E-state index contributed by atoms with van der Waals surface area (Å²) in [6.45, 7) is 0. The van der Waals surface area contributed by atoms with Gasteiger partial charge in [0.15, 0.2) is 5.01 Å². The van der Waals surface area contributed by atoms with Gasteiger partial charge in [-0.3, -0.25) is 4.79 Å². The van der Waals surface area contributed by atoms with Gasteiger partial charge in [-0.2, -0.15) is 0 Å². The van der Waals surface area contributed by atoms with Crippen molar-refractivity contribution < 1.29 is 13.6 Å². The Labute approximate surface area is 150 Å². The molecule has 0 radical (unpaired) electrons. The Hall–Kier alpha value is -2.64. The van der Waals surface area contributed by atoms with Crippen molar-refractivity contribution >= 4 is 45.6 Å². The van der Waals surface area contributed by atoms with E-state index in [0.717, 1.165) is 11.3 Å². The van der Waals surface area contributed by atoms with Crippen LogP contribution in [0.15, 0.2) is 48.5 Å². The number of anilines is 1. The van der Waals surface area contributed by atoms with Crippen molar-refractivity contribution in [1.82, 2.24) is 10.2 Å². The minimum Gasteiger partial charge on any atom is -0.320 e. The SMILES string of the molecule is O=C(Nc1ccc(F)cc1)c1nnc(C(Cl)=Cc2cccc(F)c2)s1. The molecule has 0 atom stereocenters. The van der Waals surface area contributed by atoms with Crippen LogP contribution in [0.3, 0.4) is 0 Å². The van der Waals surface area contributed by atoms with Gasteiger partial charge in [0.1, 0.15) is 11.6 Å². The predicted molar refractivity (Wildman–Crippen MR) is 94.4 cm³/mol. The average molecular weight is 378 g/mol. The molecule has 0 saturated heterocycles. The first kappa shape index (κ1) is 17.2. The second-order valence-electron chi connectivity index (χ2n) is 4.92. The number of hydrogen-bond donors (Lipinski definition) is 1. The molecule has 3 aromatic rings. The van der Waals surface area contributed by atoms with Crippen LogP contribution in [0.5, 0.6) is 0 Å². The summed E-state index contributed by atoms with van der Waals surface area (Å²) >= 11 is 7.15. The third-order valence-electron chi connectivity index (χ3n) is 3.07. The second-order valence-corrected chi connectivity index (χ2v) is 6.31. The predicted octanol–water partition coefficient (Wildman–Crippen LogP) is 4.81. The lowest BCUT2D eigenvalue weighted by Gasteiger charge is -2.01. The van der Waals surface area contributed by atoms with Crippen LogP contribution in [0.1, 0.15) is 20.4 Å². The van der Waals surface area contributed by atoms with Crippen LogP contribution in [-0.2, 0) is 0 Å². The van der Waals surface area contributed by atoms with E-state index in [0.29, 0.717) is 16.3 Å². The third-order valence-corrected chi connectivity index (χ3v) is 4.42. The molecule has 0 aliphatic heterocycles. The van der Waals surface area contributed by atoms with Crippen LogP contribution in [0, 0.1) is 11.6 Å². The molecule has 0 aliphatic carbocycles. The van der Waals surface area contributed by atoms with Gasteiger partial charge in [0.2, 0.25) is 5.01 Å². The lowest BCUT2D eigenvalue weighted by molar-refractivity contribution is 0.102. The normalized spacial score (nSPS) is 11.4. The molecule has 0 saturated carbocycles. The molecule has 1 amide bonds. The van der Waals surface area contributed by atoms with Crippen LogP contribution in [-0.4, -0.2) is 16.1 Å². The molecule has 1 aromatic heterocycles. The number of benzene rings is 2. The van der Waals surface area contributed by atoms with Gasteiger partial charge in [-0.05, 0) is 48.0 Å². The molecule has 0 spiro atoms. The maximum Gasteiger partial charge on any atom is 0.286 e. The highest BCUT2D eigenvalue weighted by atomic mass is 35.5. The molecule has 0 bridgehead atoms. The number of carbonyl (C=O) groups excluding carboxylic acids is 1. The Balaban J connectivity index is 1.75. The summed E-state index contributed by atoms with van der Waals surface area (Å²) in [5, 5.41) is 10.9. The van der Waals surface area contributed by atoms with E-state index in [9.17, 15) is 13.6 Å². The zero-order valence-corrected chi connectivity index (χ0v) is 14.1. The third kappa shape index (κ3) is 4.46. The molecule has 4 nitrogen and oxygen atoms in total. The van der Waals surface area contributed by atoms with Gasteiger partial charge in [-0.1, -0.05) is 35.1 Å². The van der Waals surface area contributed by atoms with Crippen molar-refractivity contribution in [3.05, 3.63) is 75.7 Å². The molecule has 25 heavy (non-hydrogen) atoms. The monoisotopic (exact) mass is 377 g/mol. The standard InChI is InChI=1S/C17H10ClF2N3OS/c18-14(9-10-2-1-3-12(20)8-10)16-22-23-17(25-16)15(24)21-13-6-4-11(19)5-7-13/h1-9H,(H,21,24). The molecule has 126 valence electrons. The number of rotatable bonds is 4. The van der Waals surface area contributed by atoms with Crippen LogP contribution in [0.4, 0.5) is 14.5 Å². The maximum atomic E-state index is 13.2. The van der Waals surface area contributed by atoms with E-state index in [-0.39, 0.29) is 15.9 Å². The average Bonchev–Trinajstić information content (AvgIpc) is 3.07. The van der Waals surface area contributed by atoms with E-state index in [2.05, 4.69) is 15.5 Å². The number of carbonyl (C=O) groups is 1. The van der Waals surface area contributed by atoms with E-state index >= 15 is 0 Å². The highest BCUT2D eigenvalue weighted by Crippen LogP contribution is 2.26. The Morgan fingerprint density at radius 3 is 2.48 bits per heavy atom. The lowest BCUT2D eigenvalue weighted by atomic mass is 10.2. The molecule has 0 unspecified atom stereocenters. The van der Waals surface area contributed by atoms with Crippen molar-refractivity contribution in [3.63, 3.8) is 0 Å². The summed E-state index contributed by atoms with van der Waals surface area (Å²) in [5.74, 6) is -1.26. The fourth-order valence-corrected chi connectivity index (χ4v) is 2.86. The quantitative estimate of drug-likeness (QED) is 0.710. The molecule has 1 N–H and O–H groups in total. The Morgan fingerprint density at radius 1 is 1.04 bits per heavy atom. The highest BCUT2D eigenvalue weighted by molar-refractivity contribution is 7.15. The first-order chi connectivity index (χ1) is 12.0. The van der Waals surface area contributed by atoms with Crippen molar-refractivity contribution in [2.24, 2.45) is 0 Å². The molecule has 1 heterocycles. The Bertz CT molecular complexity index is 941. The number of aromatic nitrogens is 2.